The number of hydrogen-bond acceptors (Lipinski definition) is 11. The topological polar surface area (TPSA) is 179 Å². The summed E-state index contributed by atoms with van der Waals surface area (Å²) in [5.74, 6) is -2.48. The van der Waals surface area contributed by atoms with E-state index in [9.17, 15) is 29.9 Å². The summed E-state index contributed by atoms with van der Waals surface area (Å²) in [4.78, 5) is 9.36. The molecule has 11 atom stereocenters. The number of hydrogen-bond donors (Lipinski definition) is 7. The molecule has 0 radical (unpaired) electrons. The Kier molecular flexibility index (Phi) is 8.41. The van der Waals surface area contributed by atoms with Gasteiger partial charge in [-0.05, 0) is 38.1 Å². The highest BCUT2D eigenvalue weighted by atomic mass is 31.2. The maximum absolute atomic E-state index is 11.7. The Hall–Kier alpha value is -1.15. The third-order valence-corrected chi connectivity index (χ3v) is 8.12. The van der Waals surface area contributed by atoms with Crippen LogP contribution in [-0.2, 0) is 25.3 Å². The molecule has 1 aromatic rings. The molecule has 0 bridgehead atoms. The van der Waals surface area contributed by atoms with Gasteiger partial charge in [0, 0.05) is 32.1 Å². The Labute approximate surface area is 216 Å². The van der Waals surface area contributed by atoms with E-state index in [2.05, 4.69) is 10.6 Å². The number of nitrogens with one attached hydrogen (secondary N) is 2. The summed E-state index contributed by atoms with van der Waals surface area (Å²) in [6.45, 7) is 4.94. The lowest BCUT2D eigenvalue weighted by Crippen LogP contribution is -2.80. The highest BCUT2D eigenvalue weighted by Gasteiger charge is 2.68. The summed E-state index contributed by atoms with van der Waals surface area (Å²) in [5.41, 5.74) is -1.02. The van der Waals surface area contributed by atoms with Gasteiger partial charge < -0.3 is 54.7 Å². The molecule has 4 rings (SSSR count). The van der Waals surface area contributed by atoms with Gasteiger partial charge >= 0.3 is 7.60 Å². The van der Waals surface area contributed by atoms with Gasteiger partial charge in [0.25, 0.3) is 0 Å². The van der Waals surface area contributed by atoms with Gasteiger partial charge in [0.1, 0.15) is 23.6 Å². The van der Waals surface area contributed by atoms with Gasteiger partial charge in [0.05, 0.1) is 24.4 Å². The molecular weight excluding hydrogens is 507 g/mol. The molecule has 1 aliphatic carbocycles. The second-order valence-corrected chi connectivity index (χ2v) is 12.2. The lowest BCUT2D eigenvalue weighted by atomic mass is 9.74. The minimum Gasteiger partial charge on any atom is -0.425 e. The van der Waals surface area contributed by atoms with Crippen LogP contribution in [0.3, 0.4) is 0 Å². The normalized spacial score (nSPS) is 43.4. The van der Waals surface area contributed by atoms with E-state index in [1.54, 1.807) is 38.2 Å². The van der Waals surface area contributed by atoms with Crippen molar-refractivity contribution < 1.29 is 48.6 Å². The highest BCUT2D eigenvalue weighted by molar-refractivity contribution is 7.52. The molecule has 12 nitrogen and oxygen atoms in total. The van der Waals surface area contributed by atoms with Crippen LogP contribution in [0.4, 0.5) is 0 Å². The molecule has 13 heteroatoms. The molecule has 1 aromatic carbocycles. The van der Waals surface area contributed by atoms with Crippen molar-refractivity contribution in [3.63, 3.8) is 0 Å². The first-order chi connectivity index (χ1) is 17.3. The van der Waals surface area contributed by atoms with Crippen molar-refractivity contribution in [1.29, 1.82) is 0 Å². The largest absolute Gasteiger partial charge is 0.425 e. The average Bonchev–Trinajstić information content (AvgIpc) is 2.80. The zero-order chi connectivity index (χ0) is 27.2. The number of benzene rings is 1. The van der Waals surface area contributed by atoms with Gasteiger partial charge in [-0.1, -0.05) is 19.1 Å². The van der Waals surface area contributed by atoms with Gasteiger partial charge in [-0.2, -0.15) is 0 Å². The van der Waals surface area contributed by atoms with Crippen molar-refractivity contribution >= 4 is 7.60 Å². The number of aliphatic hydroxyl groups is 4. The van der Waals surface area contributed by atoms with Crippen LogP contribution >= 0.6 is 7.60 Å². The number of ether oxygens (including phenoxy) is 3. The lowest BCUT2D eigenvalue weighted by molar-refractivity contribution is -0.483. The monoisotopic (exact) mass is 546 g/mol. The number of likely N-dealkylation sites (N-methyl/N-ethyl adjacent to an activating group) is 1. The Balaban J connectivity index is 1.49. The molecule has 1 unspecified atom stereocenters. The van der Waals surface area contributed by atoms with Crippen molar-refractivity contribution in [2.45, 2.75) is 87.5 Å². The smallest absolute Gasteiger partial charge is 0.373 e. The second-order valence-electron chi connectivity index (χ2n) is 10.4. The Morgan fingerprint density at radius 3 is 2.41 bits per heavy atom. The maximum atomic E-state index is 11.7. The highest BCUT2D eigenvalue weighted by Crippen LogP contribution is 2.47. The number of fused-ring (bicyclic) bond motifs is 2. The van der Waals surface area contributed by atoms with E-state index >= 15 is 0 Å². The maximum Gasteiger partial charge on any atom is 0.373 e. The molecule has 7 N–H and O–H groups in total. The van der Waals surface area contributed by atoms with Crippen molar-refractivity contribution in [2.24, 2.45) is 5.92 Å². The summed E-state index contributed by atoms with van der Waals surface area (Å²) in [6, 6.07) is 5.90. The van der Waals surface area contributed by atoms with Crippen molar-refractivity contribution in [2.75, 3.05) is 20.3 Å². The zero-order valence-corrected chi connectivity index (χ0v) is 22.4. The fourth-order valence-corrected chi connectivity index (χ4v) is 6.24. The van der Waals surface area contributed by atoms with Crippen LogP contribution in [0.5, 0.6) is 5.75 Å². The van der Waals surface area contributed by atoms with Crippen LogP contribution in [-0.4, -0.2) is 99.8 Å². The summed E-state index contributed by atoms with van der Waals surface area (Å²) >= 11 is 0. The van der Waals surface area contributed by atoms with Crippen LogP contribution in [0.1, 0.15) is 32.3 Å². The Morgan fingerprint density at radius 2 is 1.81 bits per heavy atom. The summed E-state index contributed by atoms with van der Waals surface area (Å²) < 4.78 is 34.4. The predicted octanol–water partition coefficient (Wildman–Crippen LogP) is -0.342. The zero-order valence-electron chi connectivity index (χ0n) is 21.5. The average molecular weight is 547 g/mol. The van der Waals surface area contributed by atoms with E-state index in [0.29, 0.717) is 13.0 Å². The van der Waals surface area contributed by atoms with Gasteiger partial charge in [-0.15, -0.1) is 0 Å². The van der Waals surface area contributed by atoms with E-state index in [4.69, 9.17) is 18.7 Å². The summed E-state index contributed by atoms with van der Waals surface area (Å²) in [7, 11) is -2.01. The first-order valence-corrected chi connectivity index (χ1v) is 14.6. The number of aliphatic hydroxyl groups excluding tert-OH is 2. The first kappa shape index (κ1) is 28.8. The van der Waals surface area contributed by atoms with E-state index in [1.807, 2.05) is 6.92 Å². The van der Waals surface area contributed by atoms with Gasteiger partial charge in [-0.3, -0.25) is 0 Å². The molecule has 1 saturated carbocycles. The van der Waals surface area contributed by atoms with Crippen molar-refractivity contribution in [3.05, 3.63) is 29.8 Å². The molecule has 37 heavy (non-hydrogen) atoms. The fraction of sp³-hybridized carbons (Fsp3) is 0.750. The number of rotatable bonds is 8. The standard InChI is InChI=1S/C24H39N2O10P/c1-5-16-18(27)17(25-3)20-21(19(16)28)34-22-24(30,35-20)23(29,10-13(2)33-22)12-26-11-14-6-8-15(9-7-14)36-37(4,31)32/h6-9,13,16-22,25-30H,5,10-12H2,1-4H3,(H,31,32)/t13-,16-,17+,18+,19+,20-,21-,22+,23-,24-/m1/s1. The van der Waals surface area contributed by atoms with Crippen LogP contribution in [0.25, 0.3) is 0 Å². The molecule has 0 spiro atoms. The van der Waals surface area contributed by atoms with Crippen molar-refractivity contribution in [1.82, 2.24) is 10.6 Å². The van der Waals surface area contributed by atoms with E-state index in [-0.39, 0.29) is 18.7 Å². The molecule has 2 saturated heterocycles. The molecule has 3 aliphatic rings. The predicted molar refractivity (Wildman–Crippen MR) is 132 cm³/mol. The quantitative estimate of drug-likeness (QED) is 0.211. The third-order valence-electron chi connectivity index (χ3n) is 7.57. The molecule has 0 amide bonds. The van der Waals surface area contributed by atoms with Gasteiger partial charge in [-0.25, -0.2) is 4.57 Å². The Bertz CT molecular complexity index is 979. The van der Waals surface area contributed by atoms with Crippen LogP contribution < -0.4 is 15.2 Å². The fourth-order valence-electron chi connectivity index (χ4n) is 5.73. The SMILES string of the molecule is CC[C@@H]1[C@H](O)[C@H](NC)[C@H]2O[C@]3(O)[C@H](O[C@@H]2[C@H]1O)O[C@H](C)C[C@@]3(O)CNCc1ccc(OP(C)(=O)O)cc1. The van der Waals surface area contributed by atoms with E-state index < -0.39 is 67.8 Å². The molecule has 210 valence electrons. The molecule has 3 fully saturated rings. The van der Waals surface area contributed by atoms with E-state index in [1.165, 1.54) is 0 Å². The first-order valence-electron chi connectivity index (χ1n) is 12.6. The van der Waals surface area contributed by atoms with Gasteiger partial charge in [0.15, 0.2) is 0 Å². The van der Waals surface area contributed by atoms with Crippen LogP contribution in [0, 0.1) is 5.92 Å². The summed E-state index contributed by atoms with van der Waals surface area (Å²) in [5, 5.41) is 51.3. The summed E-state index contributed by atoms with van der Waals surface area (Å²) in [6.07, 6.45) is -5.12. The molecular formula is C24H39N2O10P. The van der Waals surface area contributed by atoms with Crippen molar-refractivity contribution in [3.8, 4) is 5.75 Å². The Morgan fingerprint density at radius 1 is 1.14 bits per heavy atom. The second kappa shape index (κ2) is 10.8. The van der Waals surface area contributed by atoms with Crippen LogP contribution in [0.15, 0.2) is 24.3 Å². The minimum atomic E-state index is -3.66. The third kappa shape index (κ3) is 5.61. The molecule has 2 heterocycles. The van der Waals surface area contributed by atoms with Gasteiger partial charge in [0.2, 0.25) is 12.1 Å². The minimum absolute atomic E-state index is 0.0374. The lowest BCUT2D eigenvalue weighted by Gasteiger charge is -2.60. The molecule has 0 aromatic heterocycles. The molecule has 2 aliphatic heterocycles. The van der Waals surface area contributed by atoms with E-state index in [0.717, 1.165) is 12.2 Å². The van der Waals surface area contributed by atoms with Crippen LogP contribution in [0.2, 0.25) is 0 Å².